The van der Waals surface area contributed by atoms with E-state index in [9.17, 15) is 0 Å². The lowest BCUT2D eigenvalue weighted by Crippen LogP contribution is -2.23. The van der Waals surface area contributed by atoms with Gasteiger partial charge in [0.2, 0.25) is 0 Å². The Balaban J connectivity index is 0.000000171. The molecular formula is C101H84N4. The number of fused-ring (bicyclic) bond motifs is 5. The number of benzene rings is 9. The molecule has 0 atom stereocenters. The van der Waals surface area contributed by atoms with Crippen molar-refractivity contribution in [2.75, 3.05) is 0 Å². The molecule has 0 amide bonds. The summed E-state index contributed by atoms with van der Waals surface area (Å²) in [5, 5.41) is 5.89. The fraction of sp³-hybridized carbons (Fsp3) is 0.0396. The number of pyridine rings is 2. The van der Waals surface area contributed by atoms with Crippen LogP contribution in [0.4, 0.5) is 0 Å². The minimum atomic E-state index is 0.925. The Labute approximate surface area is 618 Å². The van der Waals surface area contributed by atoms with Crippen molar-refractivity contribution in [3.8, 4) is 61.7 Å². The van der Waals surface area contributed by atoms with Crippen LogP contribution in [0.2, 0.25) is 0 Å². The molecule has 508 valence electrons. The van der Waals surface area contributed by atoms with Crippen LogP contribution in [0.3, 0.4) is 0 Å². The number of para-hydroxylation sites is 4. The number of allylic oxidation sites excluding steroid dienone is 16. The Morgan fingerprint density at radius 2 is 1.05 bits per heavy atom. The minimum Gasteiger partial charge on any atom is -0.292 e. The largest absolute Gasteiger partial charge is 0.292 e. The second-order valence-electron chi connectivity index (χ2n) is 25.2. The lowest BCUT2D eigenvalue weighted by molar-refractivity contribution is 0.986. The van der Waals surface area contributed by atoms with Crippen molar-refractivity contribution in [2.45, 2.75) is 25.7 Å². The molecule has 3 aromatic heterocycles. The van der Waals surface area contributed by atoms with Crippen LogP contribution in [-0.4, -0.2) is 19.5 Å². The summed E-state index contributed by atoms with van der Waals surface area (Å²) in [6, 6.07) is 96.0. The third kappa shape index (κ3) is 19.0. The summed E-state index contributed by atoms with van der Waals surface area (Å²) < 4.78 is 2.25. The quantitative estimate of drug-likeness (QED) is 0.0961. The van der Waals surface area contributed by atoms with Gasteiger partial charge in [-0.1, -0.05) is 367 Å². The molecule has 10 aromatic carbocycles. The van der Waals surface area contributed by atoms with E-state index >= 15 is 0 Å². The van der Waals surface area contributed by atoms with Gasteiger partial charge in [0.1, 0.15) is 5.82 Å². The van der Waals surface area contributed by atoms with Crippen LogP contribution < -0.4 is 10.4 Å². The molecule has 2 aliphatic carbocycles. The molecule has 0 radical (unpaired) electrons. The number of aromatic nitrogens is 4. The second-order valence-corrected chi connectivity index (χ2v) is 25.2. The molecule has 4 nitrogen and oxygen atoms in total. The highest BCUT2D eigenvalue weighted by Crippen LogP contribution is 2.38. The predicted molar refractivity (Wildman–Crippen MR) is 454 cm³/mol. The molecule has 0 fully saturated rings. The molecule has 2 aliphatic rings. The molecule has 0 unspecified atom stereocenters. The number of rotatable bonds is 15. The Kier molecular flexibility index (Phi) is 25.0. The molecule has 13 aromatic rings. The fourth-order valence-electron chi connectivity index (χ4n) is 12.6. The number of hydrogen-bond acceptors (Lipinski definition) is 3. The summed E-state index contributed by atoms with van der Waals surface area (Å²) in [6.45, 7) is 18.9. The number of nitrogens with zero attached hydrogens (tertiary/aromatic N) is 4. The van der Waals surface area contributed by atoms with Gasteiger partial charge in [-0.2, -0.15) is 0 Å². The van der Waals surface area contributed by atoms with E-state index in [1.54, 1.807) is 24.3 Å². The summed E-state index contributed by atoms with van der Waals surface area (Å²) in [5.74, 6) is 0.925. The lowest BCUT2D eigenvalue weighted by Gasteiger charge is -2.15. The van der Waals surface area contributed by atoms with Gasteiger partial charge in [-0.05, 0) is 168 Å². The van der Waals surface area contributed by atoms with Crippen LogP contribution in [0.25, 0.3) is 130 Å². The fourth-order valence-corrected chi connectivity index (χ4v) is 12.6. The average molecular weight is 1350 g/mol. The molecule has 0 bridgehead atoms. The standard InChI is InChI=1S/C53H40N2.C28H22N2.C10H10.C10H12/c1-38(26-27-39-16-6-4-7-17-39)47-22-10-2-3-11-23-48(45-33-30-40-18-12-13-19-43(40)36-45)50-37-44(34-35-49(47)50)41-28-31-42(32-29-41)53-54-51-24-14-15-25-52(51)55(53)46-20-8-5-9-21-46;1-2-4-6-10-22-17-23(14-13-21(22)9-5-3-1)25-15-16-28(29-19-25)26-18-24-11-7-8-12-27(24)30-20-26;1-2-3-7-10-8-5-4-6-9-10;1-4-7-9-10(6-3)8-5-2/h2-12,14-18,20-37H,1,13,19H2;3-20H,1-2H2;2-9H,1H2;4-9H,1-3H2/b3-2?,10-2?,11-3?,22-10?,23-11?,27-26-,47-22?,48-23?,49-47?,50-48?;5-3+,6-4+,21-9?,22-10?;7-3-;9-7-,10-8+. The van der Waals surface area contributed by atoms with Crippen molar-refractivity contribution in [1.29, 1.82) is 0 Å². The van der Waals surface area contributed by atoms with E-state index in [2.05, 4.69) is 328 Å². The normalized spacial score (nSPS) is 12.8. The van der Waals surface area contributed by atoms with E-state index in [1.807, 2.05) is 91.3 Å². The van der Waals surface area contributed by atoms with Crippen molar-refractivity contribution in [3.05, 3.63) is 447 Å². The average Bonchev–Trinajstić information content (AvgIpc) is 1.75. The first-order valence-corrected chi connectivity index (χ1v) is 35.6. The molecule has 0 saturated carbocycles. The zero-order valence-corrected chi connectivity index (χ0v) is 59.3. The van der Waals surface area contributed by atoms with Crippen molar-refractivity contribution in [3.63, 3.8) is 0 Å². The van der Waals surface area contributed by atoms with Crippen LogP contribution in [0.5, 0.6) is 0 Å². The van der Waals surface area contributed by atoms with Gasteiger partial charge in [-0.3, -0.25) is 14.5 Å². The molecule has 0 N–H and O–H groups in total. The maximum atomic E-state index is 5.11. The van der Waals surface area contributed by atoms with E-state index in [0.29, 0.717) is 0 Å². The maximum Gasteiger partial charge on any atom is 0.145 e. The van der Waals surface area contributed by atoms with Crippen LogP contribution >= 0.6 is 0 Å². The van der Waals surface area contributed by atoms with E-state index in [-0.39, 0.29) is 0 Å². The van der Waals surface area contributed by atoms with E-state index in [1.165, 1.54) is 49.2 Å². The first kappa shape index (κ1) is 71.4. The SMILES string of the molecule is C1=c2ccc(-c3ccc(-c4cnc5ccccc5c4)nc3)cc2=C/C=C/CC/C=C/1.C=C(/C=C\c1ccccc1)c1ccccccc(-c2ccc3c(c2)CCC=C3)c2cc(-c3ccc(-c4nc5ccccc5n4-c4ccccc4)cc3)ccc12.C=C/C=C\C(C=C)=C\C=C.C=C/C=C\c1ccccc1. The van der Waals surface area contributed by atoms with Gasteiger partial charge in [-0.25, -0.2) is 4.98 Å². The Hall–Kier alpha value is -13.4. The second kappa shape index (κ2) is 36.8. The van der Waals surface area contributed by atoms with Crippen molar-refractivity contribution in [2.24, 2.45) is 0 Å². The van der Waals surface area contributed by atoms with Gasteiger partial charge in [-0.15, -0.1) is 0 Å². The van der Waals surface area contributed by atoms with Crippen molar-refractivity contribution >= 4 is 68.7 Å². The third-order valence-corrected chi connectivity index (χ3v) is 18.1. The highest BCUT2D eigenvalue weighted by atomic mass is 15.1. The van der Waals surface area contributed by atoms with Crippen LogP contribution in [0.15, 0.2) is 409 Å². The van der Waals surface area contributed by atoms with E-state index in [0.717, 1.165) is 120 Å². The van der Waals surface area contributed by atoms with E-state index in [4.69, 9.17) is 9.97 Å². The van der Waals surface area contributed by atoms with Crippen molar-refractivity contribution in [1.82, 2.24) is 19.5 Å². The van der Waals surface area contributed by atoms with Gasteiger partial charge >= 0.3 is 0 Å². The highest BCUT2D eigenvalue weighted by Gasteiger charge is 2.16. The van der Waals surface area contributed by atoms with Gasteiger partial charge in [0, 0.05) is 40.2 Å². The van der Waals surface area contributed by atoms with Crippen LogP contribution in [-0.2, 0) is 6.42 Å². The molecule has 3 heterocycles. The Morgan fingerprint density at radius 3 is 1.78 bits per heavy atom. The zero-order valence-electron chi connectivity index (χ0n) is 59.3. The first-order valence-electron chi connectivity index (χ1n) is 35.6. The van der Waals surface area contributed by atoms with Gasteiger partial charge in [0.15, 0.2) is 0 Å². The highest BCUT2D eigenvalue weighted by molar-refractivity contribution is 6.04. The molecule has 15 rings (SSSR count). The molecule has 0 aliphatic heterocycles. The molecule has 0 saturated heterocycles. The van der Waals surface area contributed by atoms with Gasteiger partial charge < -0.3 is 0 Å². The number of hydrogen-bond donors (Lipinski definition) is 0. The summed E-state index contributed by atoms with van der Waals surface area (Å²) in [6.07, 6.45) is 46.6. The Morgan fingerprint density at radius 1 is 0.429 bits per heavy atom. The van der Waals surface area contributed by atoms with Crippen LogP contribution in [0, 0.1) is 0 Å². The summed E-state index contributed by atoms with van der Waals surface area (Å²) in [5.41, 5.74) is 22.3. The smallest absolute Gasteiger partial charge is 0.145 e. The molecule has 4 heteroatoms. The molecule has 0 spiro atoms. The van der Waals surface area contributed by atoms with Gasteiger partial charge in [0.25, 0.3) is 0 Å². The summed E-state index contributed by atoms with van der Waals surface area (Å²) in [4.78, 5) is 14.4. The lowest BCUT2D eigenvalue weighted by atomic mass is 9.90. The van der Waals surface area contributed by atoms with Gasteiger partial charge in [0.05, 0.1) is 22.2 Å². The number of aryl methyl sites for hydroxylation is 1. The molecular weight excluding hydrogens is 1270 g/mol. The Bertz CT molecular complexity index is 5660. The van der Waals surface area contributed by atoms with Crippen LogP contribution in [0.1, 0.15) is 47.1 Å². The summed E-state index contributed by atoms with van der Waals surface area (Å²) in [7, 11) is 0. The topological polar surface area (TPSA) is 43.6 Å². The predicted octanol–water partition coefficient (Wildman–Crippen LogP) is 25.3. The third-order valence-electron chi connectivity index (χ3n) is 18.1. The monoisotopic (exact) mass is 1350 g/mol. The first-order chi connectivity index (χ1) is 51.8. The number of imidazole rings is 1. The van der Waals surface area contributed by atoms with Crippen molar-refractivity contribution < 1.29 is 0 Å². The maximum absolute atomic E-state index is 5.11. The zero-order chi connectivity index (χ0) is 72.2. The summed E-state index contributed by atoms with van der Waals surface area (Å²) >= 11 is 0. The van der Waals surface area contributed by atoms with E-state index < -0.39 is 0 Å². The minimum absolute atomic E-state index is 0.925. The molecule has 105 heavy (non-hydrogen) atoms.